The Morgan fingerprint density at radius 1 is 1.37 bits per heavy atom. The van der Waals surface area contributed by atoms with Crippen molar-refractivity contribution in [3.63, 3.8) is 0 Å². The molecule has 1 heterocycles. The summed E-state index contributed by atoms with van der Waals surface area (Å²) in [6.45, 7) is 9.03. The molecule has 5 nitrogen and oxygen atoms in total. The van der Waals surface area contributed by atoms with Crippen LogP contribution in [0.15, 0.2) is 0 Å². The average Bonchev–Trinajstić information content (AvgIpc) is 2.39. The molecule has 1 aliphatic heterocycles. The van der Waals surface area contributed by atoms with Crippen molar-refractivity contribution >= 4 is 11.9 Å². The lowest BCUT2D eigenvalue weighted by Crippen LogP contribution is -2.60. The molecule has 1 fully saturated rings. The number of likely N-dealkylation sites (N-methyl/N-ethyl adjacent to an activating group) is 1. The van der Waals surface area contributed by atoms with Crippen LogP contribution in [0.2, 0.25) is 0 Å². The van der Waals surface area contributed by atoms with Gasteiger partial charge < -0.3 is 15.3 Å². The maximum Gasteiger partial charge on any atom is 0.329 e. The molecule has 1 amide bonds. The van der Waals surface area contributed by atoms with Gasteiger partial charge in [0.25, 0.3) is 0 Å². The molecule has 19 heavy (non-hydrogen) atoms. The van der Waals surface area contributed by atoms with E-state index in [9.17, 15) is 14.7 Å². The Bertz CT molecular complexity index is 347. The second-order valence-electron chi connectivity index (χ2n) is 5.83. The van der Waals surface area contributed by atoms with Crippen LogP contribution in [0, 0.1) is 5.41 Å². The van der Waals surface area contributed by atoms with Crippen molar-refractivity contribution in [2.45, 2.75) is 52.5 Å². The highest BCUT2D eigenvalue weighted by atomic mass is 16.4. The van der Waals surface area contributed by atoms with Crippen molar-refractivity contribution in [1.29, 1.82) is 0 Å². The van der Waals surface area contributed by atoms with Crippen LogP contribution in [0.3, 0.4) is 0 Å². The lowest BCUT2D eigenvalue weighted by atomic mass is 9.76. The molecule has 1 saturated heterocycles. The van der Waals surface area contributed by atoms with Gasteiger partial charge in [0.05, 0.1) is 5.41 Å². The molecule has 1 atom stereocenters. The van der Waals surface area contributed by atoms with E-state index in [1.807, 2.05) is 13.8 Å². The largest absolute Gasteiger partial charge is 0.480 e. The van der Waals surface area contributed by atoms with Crippen LogP contribution in [-0.2, 0) is 9.59 Å². The van der Waals surface area contributed by atoms with Gasteiger partial charge in [-0.1, -0.05) is 6.92 Å². The quantitative estimate of drug-likeness (QED) is 0.794. The number of nitrogens with one attached hydrogen (secondary N) is 1. The Hall–Kier alpha value is -1.10. The summed E-state index contributed by atoms with van der Waals surface area (Å²) in [5.74, 6) is -0.991. The Kier molecular flexibility index (Phi) is 4.96. The number of nitrogens with zero attached hydrogens (tertiary/aromatic N) is 1. The second-order valence-corrected chi connectivity index (χ2v) is 5.83. The fraction of sp³-hybridized carbons (Fsp3) is 0.857. The minimum Gasteiger partial charge on any atom is -0.480 e. The monoisotopic (exact) mass is 270 g/mol. The first-order chi connectivity index (χ1) is 8.81. The first kappa shape index (κ1) is 16.0. The zero-order valence-corrected chi connectivity index (χ0v) is 12.5. The summed E-state index contributed by atoms with van der Waals surface area (Å²) in [5.41, 5.74) is -1.60. The van der Waals surface area contributed by atoms with E-state index in [1.165, 1.54) is 4.90 Å². The highest BCUT2D eigenvalue weighted by Crippen LogP contribution is 2.34. The van der Waals surface area contributed by atoms with E-state index in [4.69, 9.17) is 0 Å². The first-order valence-corrected chi connectivity index (χ1v) is 7.08. The van der Waals surface area contributed by atoms with Crippen LogP contribution < -0.4 is 5.32 Å². The Morgan fingerprint density at radius 2 is 2.00 bits per heavy atom. The molecule has 0 aromatic rings. The van der Waals surface area contributed by atoms with E-state index < -0.39 is 16.9 Å². The molecule has 1 unspecified atom stereocenters. The maximum atomic E-state index is 12.9. The molecule has 0 aliphatic carbocycles. The molecule has 1 rings (SSSR count). The number of carboxylic acids is 1. The zero-order valence-electron chi connectivity index (χ0n) is 12.5. The molecule has 2 N–H and O–H groups in total. The summed E-state index contributed by atoms with van der Waals surface area (Å²) in [4.78, 5) is 25.8. The number of amides is 1. The van der Waals surface area contributed by atoms with E-state index in [0.29, 0.717) is 13.1 Å². The molecular formula is C14H26N2O3. The van der Waals surface area contributed by atoms with Gasteiger partial charge in [0.2, 0.25) is 5.91 Å². The van der Waals surface area contributed by atoms with E-state index in [2.05, 4.69) is 5.32 Å². The lowest BCUT2D eigenvalue weighted by molar-refractivity contribution is -0.162. The molecule has 110 valence electrons. The van der Waals surface area contributed by atoms with Gasteiger partial charge in [-0.05, 0) is 46.6 Å². The molecule has 0 spiro atoms. The standard InChI is InChI=1S/C14H26N2O3/c1-5-14(8-7-9-15-10-14)11(17)16(6-2)13(3,4)12(18)19/h15H,5-10H2,1-4H3,(H,18,19). The average molecular weight is 270 g/mol. The van der Waals surface area contributed by atoms with Gasteiger partial charge in [-0.15, -0.1) is 0 Å². The van der Waals surface area contributed by atoms with Crippen LogP contribution >= 0.6 is 0 Å². The normalized spacial score (nSPS) is 24.0. The van der Waals surface area contributed by atoms with Gasteiger partial charge in [-0.25, -0.2) is 4.79 Å². The van der Waals surface area contributed by atoms with Crippen molar-refractivity contribution in [1.82, 2.24) is 10.2 Å². The Labute approximate surface area is 115 Å². The minimum atomic E-state index is -1.16. The third kappa shape index (κ3) is 2.91. The summed E-state index contributed by atoms with van der Waals surface area (Å²) in [7, 11) is 0. The molecular weight excluding hydrogens is 244 g/mol. The SMILES string of the molecule is CCN(C(=O)C1(CC)CCCNC1)C(C)(C)C(=O)O. The van der Waals surface area contributed by atoms with Crippen LogP contribution in [0.4, 0.5) is 0 Å². The van der Waals surface area contributed by atoms with E-state index in [-0.39, 0.29) is 5.91 Å². The predicted molar refractivity (Wildman–Crippen MR) is 73.9 cm³/mol. The van der Waals surface area contributed by atoms with Crippen molar-refractivity contribution in [3.05, 3.63) is 0 Å². The van der Waals surface area contributed by atoms with Gasteiger partial charge >= 0.3 is 5.97 Å². The molecule has 0 bridgehead atoms. The molecule has 0 aromatic heterocycles. The highest BCUT2D eigenvalue weighted by molar-refractivity contribution is 5.89. The van der Waals surface area contributed by atoms with E-state index in [1.54, 1.807) is 13.8 Å². The second kappa shape index (κ2) is 5.90. The minimum absolute atomic E-state index is 0.0305. The van der Waals surface area contributed by atoms with Gasteiger partial charge in [0, 0.05) is 13.1 Å². The zero-order chi connectivity index (χ0) is 14.7. The predicted octanol–water partition coefficient (Wildman–Crippen LogP) is 1.48. The van der Waals surface area contributed by atoms with Crippen molar-refractivity contribution in [2.75, 3.05) is 19.6 Å². The number of hydrogen-bond donors (Lipinski definition) is 2. The number of carboxylic acid groups (broad SMARTS) is 1. The fourth-order valence-electron chi connectivity index (χ4n) is 2.80. The number of hydrogen-bond acceptors (Lipinski definition) is 3. The van der Waals surface area contributed by atoms with E-state index in [0.717, 1.165) is 25.8 Å². The van der Waals surface area contributed by atoms with Crippen molar-refractivity contribution < 1.29 is 14.7 Å². The summed E-state index contributed by atoms with van der Waals surface area (Å²) in [6.07, 6.45) is 2.54. The number of carbonyl (C=O) groups is 2. The van der Waals surface area contributed by atoms with Gasteiger partial charge in [-0.3, -0.25) is 4.79 Å². The Balaban J connectivity index is 3.03. The van der Waals surface area contributed by atoms with Crippen LogP contribution in [-0.4, -0.2) is 47.1 Å². The molecule has 5 heteroatoms. The highest BCUT2D eigenvalue weighted by Gasteiger charge is 2.46. The lowest BCUT2D eigenvalue weighted by Gasteiger charge is -2.43. The maximum absolute atomic E-state index is 12.9. The van der Waals surface area contributed by atoms with Crippen molar-refractivity contribution in [3.8, 4) is 0 Å². The third-order valence-corrected chi connectivity index (χ3v) is 4.36. The number of piperidine rings is 1. The molecule has 0 aromatic carbocycles. The van der Waals surface area contributed by atoms with Crippen LogP contribution in [0.1, 0.15) is 47.0 Å². The van der Waals surface area contributed by atoms with Crippen molar-refractivity contribution in [2.24, 2.45) is 5.41 Å². The molecule has 0 saturated carbocycles. The van der Waals surface area contributed by atoms with Crippen LogP contribution in [0.5, 0.6) is 0 Å². The molecule has 0 radical (unpaired) electrons. The topological polar surface area (TPSA) is 69.6 Å². The summed E-state index contributed by atoms with van der Waals surface area (Å²) in [5, 5.41) is 12.6. The van der Waals surface area contributed by atoms with Crippen LogP contribution in [0.25, 0.3) is 0 Å². The van der Waals surface area contributed by atoms with E-state index >= 15 is 0 Å². The van der Waals surface area contributed by atoms with Gasteiger partial charge in [0.1, 0.15) is 5.54 Å². The fourth-order valence-corrected chi connectivity index (χ4v) is 2.80. The summed E-state index contributed by atoms with van der Waals surface area (Å²) < 4.78 is 0. The van der Waals surface area contributed by atoms with Gasteiger partial charge in [0.15, 0.2) is 0 Å². The summed E-state index contributed by atoms with van der Waals surface area (Å²) >= 11 is 0. The smallest absolute Gasteiger partial charge is 0.329 e. The third-order valence-electron chi connectivity index (χ3n) is 4.36. The number of rotatable bonds is 5. The summed E-state index contributed by atoms with van der Waals surface area (Å²) in [6, 6.07) is 0. The molecule has 1 aliphatic rings. The number of aliphatic carboxylic acids is 1. The van der Waals surface area contributed by atoms with Gasteiger partial charge in [-0.2, -0.15) is 0 Å². The Morgan fingerprint density at radius 3 is 2.37 bits per heavy atom. The first-order valence-electron chi connectivity index (χ1n) is 7.08. The number of carbonyl (C=O) groups excluding carboxylic acids is 1.